The molecule has 18 heavy (non-hydrogen) atoms. The van der Waals surface area contributed by atoms with Crippen molar-refractivity contribution in [2.24, 2.45) is 0 Å². The Labute approximate surface area is 110 Å². The van der Waals surface area contributed by atoms with Gasteiger partial charge in [-0.25, -0.2) is 0 Å². The molecule has 0 amide bonds. The fourth-order valence-corrected chi connectivity index (χ4v) is 2.64. The summed E-state index contributed by atoms with van der Waals surface area (Å²) >= 11 is 0. The van der Waals surface area contributed by atoms with Gasteiger partial charge in [-0.15, -0.1) is 0 Å². The Morgan fingerprint density at radius 2 is 2.44 bits per heavy atom. The second-order valence-corrected chi connectivity index (χ2v) is 5.10. The minimum atomic E-state index is 0.443. The minimum absolute atomic E-state index is 0.443. The van der Waals surface area contributed by atoms with Gasteiger partial charge in [-0.2, -0.15) is 0 Å². The van der Waals surface area contributed by atoms with Crippen LogP contribution in [0.1, 0.15) is 37.4 Å². The van der Waals surface area contributed by atoms with E-state index in [2.05, 4.69) is 30.2 Å². The van der Waals surface area contributed by atoms with Crippen molar-refractivity contribution in [1.29, 1.82) is 0 Å². The first-order valence-corrected chi connectivity index (χ1v) is 7.05. The van der Waals surface area contributed by atoms with Gasteiger partial charge < -0.3 is 10.1 Å². The van der Waals surface area contributed by atoms with Crippen LogP contribution < -0.4 is 5.32 Å². The lowest BCUT2D eigenvalue weighted by atomic mass is 10.00. The average molecular weight is 248 g/mol. The van der Waals surface area contributed by atoms with Gasteiger partial charge in [0.1, 0.15) is 0 Å². The molecule has 0 spiro atoms. The van der Waals surface area contributed by atoms with E-state index in [-0.39, 0.29) is 0 Å². The molecule has 1 fully saturated rings. The van der Waals surface area contributed by atoms with Gasteiger partial charge in [0.2, 0.25) is 0 Å². The van der Waals surface area contributed by atoms with Gasteiger partial charge in [-0.3, -0.25) is 4.98 Å². The highest BCUT2D eigenvalue weighted by Crippen LogP contribution is 2.19. The number of hydrogen-bond acceptors (Lipinski definition) is 3. The maximum Gasteiger partial charge on any atom is 0.0591 e. The summed E-state index contributed by atoms with van der Waals surface area (Å²) in [4.78, 5) is 4.49. The molecule has 1 aromatic rings. The molecule has 1 aromatic heterocycles. The van der Waals surface area contributed by atoms with E-state index in [1.165, 1.54) is 24.1 Å². The third-order valence-electron chi connectivity index (χ3n) is 3.62. The molecule has 2 atom stereocenters. The number of aryl methyl sites for hydroxylation is 1. The summed E-state index contributed by atoms with van der Waals surface area (Å²) < 4.78 is 5.74. The molecule has 0 saturated carbocycles. The largest absolute Gasteiger partial charge is 0.378 e. The van der Waals surface area contributed by atoms with Crippen LogP contribution in [0.25, 0.3) is 0 Å². The minimum Gasteiger partial charge on any atom is -0.378 e. The number of ether oxygens (including phenoxy) is 1. The highest BCUT2D eigenvalue weighted by Gasteiger charge is 2.21. The van der Waals surface area contributed by atoms with Crippen molar-refractivity contribution in [2.45, 2.75) is 51.7 Å². The topological polar surface area (TPSA) is 34.2 Å². The maximum atomic E-state index is 5.74. The standard InChI is InChI=1S/C15H24N2O/c1-3-16-13(10-14-7-5-9-18-14)11-15-12(2)6-4-8-17-15/h4,6,8,13-14,16H,3,5,7,9-11H2,1-2H3. The van der Waals surface area contributed by atoms with E-state index in [9.17, 15) is 0 Å². The maximum absolute atomic E-state index is 5.74. The predicted molar refractivity (Wildman–Crippen MR) is 73.7 cm³/mol. The number of nitrogens with one attached hydrogen (secondary N) is 1. The van der Waals surface area contributed by atoms with Crippen molar-refractivity contribution >= 4 is 0 Å². The molecule has 0 aromatic carbocycles. The van der Waals surface area contributed by atoms with Gasteiger partial charge in [0, 0.05) is 31.0 Å². The summed E-state index contributed by atoms with van der Waals surface area (Å²) in [6.07, 6.45) is 6.86. The molecular weight excluding hydrogens is 224 g/mol. The van der Waals surface area contributed by atoms with E-state index in [1.807, 2.05) is 12.3 Å². The summed E-state index contributed by atoms with van der Waals surface area (Å²) in [5, 5.41) is 3.57. The first kappa shape index (κ1) is 13.5. The van der Waals surface area contributed by atoms with E-state index < -0.39 is 0 Å². The van der Waals surface area contributed by atoms with Crippen molar-refractivity contribution in [3.05, 3.63) is 29.6 Å². The summed E-state index contributed by atoms with van der Waals surface area (Å²) in [7, 11) is 0. The second-order valence-electron chi connectivity index (χ2n) is 5.10. The fourth-order valence-electron chi connectivity index (χ4n) is 2.64. The second kappa shape index (κ2) is 6.86. The molecule has 1 aliphatic heterocycles. The molecule has 1 aliphatic rings. The highest BCUT2D eigenvalue weighted by atomic mass is 16.5. The molecular formula is C15H24N2O. The summed E-state index contributed by atoms with van der Waals surface area (Å²) in [6, 6.07) is 4.62. The van der Waals surface area contributed by atoms with Crippen LogP contribution in [-0.4, -0.2) is 30.3 Å². The Morgan fingerprint density at radius 1 is 1.56 bits per heavy atom. The van der Waals surface area contributed by atoms with Crippen molar-refractivity contribution in [3.63, 3.8) is 0 Å². The van der Waals surface area contributed by atoms with Crippen LogP contribution in [0.3, 0.4) is 0 Å². The molecule has 3 nitrogen and oxygen atoms in total. The van der Waals surface area contributed by atoms with Crippen LogP contribution >= 0.6 is 0 Å². The fraction of sp³-hybridized carbons (Fsp3) is 0.667. The normalized spacial score (nSPS) is 21.1. The molecule has 100 valence electrons. The van der Waals surface area contributed by atoms with E-state index in [0.717, 1.165) is 26.0 Å². The number of pyridine rings is 1. The smallest absolute Gasteiger partial charge is 0.0591 e. The Hall–Kier alpha value is -0.930. The summed E-state index contributed by atoms with van der Waals surface area (Å²) in [6.45, 7) is 6.24. The van der Waals surface area contributed by atoms with Gasteiger partial charge in [0.25, 0.3) is 0 Å². The number of rotatable bonds is 6. The van der Waals surface area contributed by atoms with Crippen LogP contribution in [0.15, 0.2) is 18.3 Å². The zero-order valence-electron chi connectivity index (χ0n) is 11.5. The zero-order chi connectivity index (χ0) is 12.8. The van der Waals surface area contributed by atoms with Gasteiger partial charge in [-0.1, -0.05) is 13.0 Å². The summed E-state index contributed by atoms with van der Waals surface area (Å²) in [5.74, 6) is 0. The van der Waals surface area contributed by atoms with E-state index in [1.54, 1.807) is 0 Å². The Morgan fingerprint density at radius 3 is 3.11 bits per heavy atom. The number of nitrogens with zero attached hydrogens (tertiary/aromatic N) is 1. The molecule has 1 saturated heterocycles. The SMILES string of the molecule is CCNC(Cc1ncccc1C)CC1CCCO1. The molecule has 3 heteroatoms. The first-order chi connectivity index (χ1) is 8.79. The lowest BCUT2D eigenvalue weighted by Crippen LogP contribution is -2.34. The number of aromatic nitrogens is 1. The molecule has 0 radical (unpaired) electrons. The Kier molecular flexibility index (Phi) is 5.14. The quantitative estimate of drug-likeness (QED) is 0.840. The molecule has 2 rings (SSSR count). The van der Waals surface area contributed by atoms with Gasteiger partial charge in [-0.05, 0) is 44.4 Å². The molecule has 0 bridgehead atoms. The van der Waals surface area contributed by atoms with Crippen LogP contribution in [0, 0.1) is 6.92 Å². The van der Waals surface area contributed by atoms with Crippen molar-refractivity contribution < 1.29 is 4.74 Å². The lowest BCUT2D eigenvalue weighted by molar-refractivity contribution is 0.0946. The van der Waals surface area contributed by atoms with Crippen LogP contribution in [0.4, 0.5) is 0 Å². The Bertz CT molecular complexity index is 361. The predicted octanol–water partition coefficient (Wildman–Crippen LogP) is 2.48. The molecule has 1 N–H and O–H groups in total. The van der Waals surface area contributed by atoms with Crippen LogP contribution in [0.5, 0.6) is 0 Å². The molecule has 2 unspecified atom stereocenters. The van der Waals surface area contributed by atoms with Crippen LogP contribution in [0.2, 0.25) is 0 Å². The Balaban J connectivity index is 1.94. The van der Waals surface area contributed by atoms with Gasteiger partial charge in [0.05, 0.1) is 6.10 Å². The van der Waals surface area contributed by atoms with Crippen molar-refractivity contribution in [2.75, 3.05) is 13.2 Å². The third kappa shape index (κ3) is 3.79. The van der Waals surface area contributed by atoms with E-state index in [4.69, 9.17) is 4.74 Å². The lowest BCUT2D eigenvalue weighted by Gasteiger charge is -2.21. The van der Waals surface area contributed by atoms with Gasteiger partial charge in [0.15, 0.2) is 0 Å². The van der Waals surface area contributed by atoms with Crippen LogP contribution in [-0.2, 0) is 11.2 Å². The third-order valence-corrected chi connectivity index (χ3v) is 3.62. The number of hydrogen-bond donors (Lipinski definition) is 1. The van der Waals surface area contributed by atoms with Crippen molar-refractivity contribution in [1.82, 2.24) is 10.3 Å². The number of likely N-dealkylation sites (N-methyl/N-ethyl adjacent to an activating group) is 1. The highest BCUT2D eigenvalue weighted by molar-refractivity contribution is 5.18. The van der Waals surface area contributed by atoms with E-state index >= 15 is 0 Å². The summed E-state index contributed by atoms with van der Waals surface area (Å²) in [5.41, 5.74) is 2.49. The monoisotopic (exact) mass is 248 g/mol. The average Bonchev–Trinajstić information content (AvgIpc) is 2.85. The van der Waals surface area contributed by atoms with E-state index in [0.29, 0.717) is 12.1 Å². The molecule has 0 aliphatic carbocycles. The zero-order valence-corrected chi connectivity index (χ0v) is 11.5. The first-order valence-electron chi connectivity index (χ1n) is 7.05. The van der Waals surface area contributed by atoms with Gasteiger partial charge >= 0.3 is 0 Å². The molecule has 2 heterocycles. The van der Waals surface area contributed by atoms with Crippen molar-refractivity contribution in [3.8, 4) is 0 Å².